The summed E-state index contributed by atoms with van der Waals surface area (Å²) in [6.07, 6.45) is 0. The molecule has 18 rings (SSSR count). The third kappa shape index (κ3) is 5.24. The summed E-state index contributed by atoms with van der Waals surface area (Å²) < 4.78 is 25.5. The fourth-order valence-corrected chi connectivity index (χ4v) is 29.9. The maximum atomic E-state index is 6.64. The van der Waals surface area contributed by atoms with Gasteiger partial charge in [0.25, 0.3) is 0 Å². The number of rotatable bonds is 4. The van der Waals surface area contributed by atoms with E-state index in [1.165, 1.54) is 77.2 Å². The van der Waals surface area contributed by atoms with E-state index in [1.807, 2.05) is 0 Å². The van der Waals surface area contributed by atoms with Gasteiger partial charge >= 0.3 is 436 Å². The Morgan fingerprint density at radius 3 is 0.827 bits per heavy atom. The van der Waals surface area contributed by atoms with E-state index in [-0.39, 0.29) is 0 Å². The van der Waals surface area contributed by atoms with Crippen molar-refractivity contribution in [3.63, 3.8) is 0 Å². The normalized spacial score (nSPS) is 14.3. The van der Waals surface area contributed by atoms with Crippen LogP contribution in [0.15, 0.2) is 232 Å². The average molecular weight is 1070 g/mol. The van der Waals surface area contributed by atoms with E-state index in [9.17, 15) is 0 Å². The zero-order chi connectivity index (χ0) is 48.8. The number of nitrogens with zero attached hydrogens (tertiary/aromatic N) is 3. The molecule has 6 nitrogen and oxygen atoms in total. The second-order valence-corrected chi connectivity index (χ2v) is 32.2. The Hall–Kier alpha value is -8.98. The first kappa shape index (κ1) is 40.5. The first-order valence-electron chi connectivity index (χ1n) is 25.9. The van der Waals surface area contributed by atoms with Gasteiger partial charge in [0.05, 0.1) is 0 Å². The molecule has 3 aliphatic rings. The van der Waals surface area contributed by atoms with Gasteiger partial charge in [0.15, 0.2) is 0 Å². The predicted molar refractivity (Wildman–Crippen MR) is 314 cm³/mol. The van der Waals surface area contributed by atoms with E-state index in [4.69, 9.17) is 13.3 Å². The number of fused-ring (bicyclic) bond motifs is 12. The van der Waals surface area contributed by atoms with Gasteiger partial charge in [-0.1, -0.05) is 0 Å². The molecule has 6 heterocycles. The molecule has 0 atom stereocenters. The van der Waals surface area contributed by atoms with Crippen LogP contribution in [0.2, 0.25) is 4.44 Å². The monoisotopic (exact) mass is 1070 g/mol. The van der Waals surface area contributed by atoms with Crippen LogP contribution in [0.1, 0.15) is 6.92 Å². The first-order chi connectivity index (χ1) is 37.1. The summed E-state index contributed by atoms with van der Waals surface area (Å²) in [7, 11) is 0. The van der Waals surface area contributed by atoms with Crippen molar-refractivity contribution in [2.24, 2.45) is 0 Å². The standard InChI is InChI=1S/C66H36N3O3.C2H5.Sn/c1-4-13-43-31-64-55(28-40(43)10-1)58-37-52(22-25-61(58)70-64)67-46-16-7-18-48(34-46)68(53-23-26-62-59(38-53)56-29-41-11-2-5-14-44(41)32-65(56)71-62)50-20-9-21-51(36-50)69(49-19-8-17-47(67)35-49)54-24-27-63-60(39-54)57-30-42-12-3-6-15-45(42)33-66(57)72-63;1-2;/h1-33,37-39H;1H2,2H3;. The summed E-state index contributed by atoms with van der Waals surface area (Å²) in [5, 5.41) is 13.8. The molecule has 0 aliphatic carbocycles. The summed E-state index contributed by atoms with van der Waals surface area (Å²) in [5.41, 5.74) is 16.2. The molecule has 350 valence electrons. The second kappa shape index (κ2) is 14.4. The van der Waals surface area contributed by atoms with Crippen LogP contribution in [0, 0.1) is 0 Å². The zero-order valence-corrected chi connectivity index (χ0v) is 43.4. The van der Waals surface area contributed by atoms with E-state index < -0.39 is 18.4 Å². The molecule has 15 aromatic rings. The first-order valence-corrected chi connectivity index (χ1v) is 32.2. The third-order valence-corrected chi connectivity index (χ3v) is 31.8. The van der Waals surface area contributed by atoms with Crippen molar-refractivity contribution >= 4 is 178 Å². The van der Waals surface area contributed by atoms with Crippen LogP contribution in [0.4, 0.5) is 51.2 Å². The van der Waals surface area contributed by atoms with Crippen LogP contribution >= 0.6 is 0 Å². The Balaban J connectivity index is 0.930. The molecule has 0 radical (unpaired) electrons. The number of anilines is 9. The Morgan fingerprint density at radius 2 is 0.547 bits per heavy atom. The van der Waals surface area contributed by atoms with E-state index in [0.29, 0.717) is 0 Å². The Morgan fingerprint density at radius 1 is 0.280 bits per heavy atom. The SMILES string of the molecule is C[CH2][Sn]12[c]3c4cccc3N(c3ccc5oc6cc7ccccc7cc6c5c3)c3cccc([c]31)N(c1ccc3oc5cc6ccccc6cc5c3c1)c1cccc([c]12)N4c1ccc2oc3cc4ccccc4cc3c2c1. The number of benzene rings is 12. The molecule has 3 aliphatic heterocycles. The van der Waals surface area contributed by atoms with E-state index in [2.05, 4.69) is 240 Å². The predicted octanol–water partition coefficient (Wildman–Crippen LogP) is 17.7. The van der Waals surface area contributed by atoms with Gasteiger partial charge in [-0.15, -0.1) is 0 Å². The van der Waals surface area contributed by atoms with Gasteiger partial charge in [0.1, 0.15) is 0 Å². The van der Waals surface area contributed by atoms with Gasteiger partial charge in [-0.3, -0.25) is 0 Å². The molecule has 0 N–H and O–H groups in total. The molecule has 0 amide bonds. The van der Waals surface area contributed by atoms with Crippen LogP contribution < -0.4 is 25.4 Å². The number of furan rings is 3. The number of hydrogen-bond acceptors (Lipinski definition) is 6. The molecule has 7 heteroatoms. The van der Waals surface area contributed by atoms with E-state index in [0.717, 1.165) is 87.3 Å². The minimum atomic E-state index is -4.08. The average Bonchev–Trinajstić information content (AvgIpc) is 4.28. The van der Waals surface area contributed by atoms with Crippen molar-refractivity contribution in [1.29, 1.82) is 0 Å². The van der Waals surface area contributed by atoms with Crippen LogP contribution in [0.25, 0.3) is 98.1 Å². The Bertz CT molecular complexity index is 4500. The quantitative estimate of drug-likeness (QED) is 0.164. The summed E-state index contributed by atoms with van der Waals surface area (Å²) in [4.78, 5) is 7.73. The van der Waals surface area contributed by atoms with Gasteiger partial charge in [0.2, 0.25) is 0 Å². The van der Waals surface area contributed by atoms with Crippen LogP contribution in [0.3, 0.4) is 0 Å². The topological polar surface area (TPSA) is 49.1 Å². The van der Waals surface area contributed by atoms with Gasteiger partial charge in [-0.25, -0.2) is 0 Å². The molecule has 0 spiro atoms. The number of hydrogen-bond donors (Lipinski definition) is 0. The molecule has 0 saturated carbocycles. The fraction of sp³-hybridized carbons (Fsp3) is 0.0294. The van der Waals surface area contributed by atoms with Crippen molar-refractivity contribution in [3.05, 3.63) is 218 Å². The summed E-state index contributed by atoms with van der Waals surface area (Å²) in [6.45, 7) is 2.48. The van der Waals surface area contributed by atoms with E-state index >= 15 is 0 Å². The summed E-state index contributed by atoms with van der Waals surface area (Å²) in [6, 6.07) is 80.8. The van der Waals surface area contributed by atoms with Gasteiger partial charge in [-0.05, 0) is 0 Å². The maximum absolute atomic E-state index is 6.64. The van der Waals surface area contributed by atoms with Crippen molar-refractivity contribution in [3.8, 4) is 0 Å². The molecule has 0 bridgehead atoms. The summed E-state index contributed by atoms with van der Waals surface area (Å²) >= 11 is -4.08. The van der Waals surface area contributed by atoms with Gasteiger partial charge in [-0.2, -0.15) is 0 Å². The van der Waals surface area contributed by atoms with Gasteiger partial charge < -0.3 is 0 Å². The van der Waals surface area contributed by atoms with Gasteiger partial charge in [0, 0.05) is 0 Å². The Labute approximate surface area is 433 Å². The second-order valence-electron chi connectivity index (χ2n) is 20.7. The Kier molecular flexibility index (Phi) is 7.78. The molecular weight excluding hydrogens is 1030 g/mol. The molecule has 0 saturated heterocycles. The van der Waals surface area contributed by atoms with Crippen molar-refractivity contribution in [1.82, 2.24) is 0 Å². The molecule has 12 aromatic carbocycles. The molecule has 75 heavy (non-hydrogen) atoms. The molecule has 0 fully saturated rings. The minimum absolute atomic E-state index is 0.884. The fourth-order valence-electron chi connectivity index (χ4n) is 13.9. The zero-order valence-electron chi connectivity index (χ0n) is 40.6. The van der Waals surface area contributed by atoms with E-state index in [1.54, 1.807) is 0 Å². The molecule has 3 aromatic heterocycles. The summed E-state index contributed by atoms with van der Waals surface area (Å²) in [5.74, 6) is 0. The van der Waals surface area contributed by atoms with Crippen molar-refractivity contribution < 1.29 is 13.3 Å². The third-order valence-electron chi connectivity index (χ3n) is 17.1. The van der Waals surface area contributed by atoms with Crippen LogP contribution in [-0.4, -0.2) is 18.4 Å². The van der Waals surface area contributed by atoms with Crippen molar-refractivity contribution in [2.75, 3.05) is 14.7 Å². The molecular formula is C68H41N3O3Sn. The van der Waals surface area contributed by atoms with Crippen LogP contribution in [-0.2, 0) is 0 Å². The van der Waals surface area contributed by atoms with Crippen LogP contribution in [0.5, 0.6) is 0 Å². The van der Waals surface area contributed by atoms with Crippen molar-refractivity contribution in [2.45, 2.75) is 11.4 Å². The molecule has 0 unspecified atom stereocenters.